The molecule has 0 heterocycles. The van der Waals surface area contributed by atoms with Gasteiger partial charge < -0.3 is 11.5 Å². The van der Waals surface area contributed by atoms with Crippen molar-refractivity contribution in [1.82, 2.24) is 0 Å². The molecule has 2 nitrogen and oxygen atoms in total. The fourth-order valence-corrected chi connectivity index (χ4v) is 1.85. The van der Waals surface area contributed by atoms with Gasteiger partial charge in [-0.2, -0.15) is 0 Å². The Morgan fingerprint density at radius 2 is 0.846 bits per heavy atom. The molecule has 2 fully saturated rings. The van der Waals surface area contributed by atoms with E-state index < -0.39 is 0 Å². The summed E-state index contributed by atoms with van der Waals surface area (Å²) in [5.41, 5.74) is 14.3. The summed E-state index contributed by atoms with van der Waals surface area (Å²) in [6.45, 7) is 0. The van der Waals surface area contributed by atoms with Gasteiger partial charge in [0.25, 0.3) is 0 Å². The van der Waals surface area contributed by atoms with Crippen LogP contribution in [0, 0.1) is 0 Å². The van der Waals surface area contributed by atoms with E-state index in [0.717, 1.165) is 25.7 Å². The molecule has 2 aliphatic carbocycles. The molecule has 0 atom stereocenters. The molecule has 0 amide bonds. The smallest absolute Gasteiger partial charge is 0.675 e. The van der Waals surface area contributed by atoms with Crippen LogP contribution in [0.15, 0.2) is 0 Å². The molecule has 2 saturated carbocycles. The number of hydrogen-bond donors (Lipinski definition) is 0. The number of rotatable bonds is 0. The minimum atomic E-state index is 0. The third-order valence-electron chi connectivity index (χ3n) is 2.71. The van der Waals surface area contributed by atoms with Gasteiger partial charge in [-0.15, -0.1) is 12.1 Å². The van der Waals surface area contributed by atoms with Crippen LogP contribution in [0.2, 0.25) is 0 Å². The van der Waals surface area contributed by atoms with Crippen LogP contribution < -0.4 is 0 Å². The summed E-state index contributed by atoms with van der Waals surface area (Å²) in [5.74, 6) is 0. The summed E-state index contributed by atoms with van der Waals surface area (Å²) in [4.78, 5) is 0. The maximum absolute atomic E-state index is 7.13. The molecule has 0 bridgehead atoms. The van der Waals surface area contributed by atoms with Crippen LogP contribution in [0.4, 0.5) is 0 Å². The second-order valence-corrected chi connectivity index (χ2v) is 3.96. The van der Waals surface area contributed by atoms with Crippen molar-refractivity contribution in [1.29, 1.82) is 0 Å². The maximum Gasteiger partial charge on any atom is 1.00 e. The van der Waals surface area contributed by atoms with Gasteiger partial charge in [0.1, 0.15) is 0 Å². The Balaban J connectivity index is 0.000000206. The van der Waals surface area contributed by atoms with E-state index in [-0.39, 0.29) is 22.4 Å². The summed E-state index contributed by atoms with van der Waals surface area (Å²) in [5, 5.41) is 0. The number of nitrogens with one attached hydrogen (secondary N) is 2. The molecule has 2 N–H and O–H groups in total. The molecule has 0 aliphatic heterocycles. The first-order valence-corrected chi connectivity index (χ1v) is 5.21. The van der Waals surface area contributed by atoms with Crippen molar-refractivity contribution in [2.75, 3.05) is 0 Å². The van der Waals surface area contributed by atoms with Crippen LogP contribution in [-0.2, 0) is 22.4 Å². The summed E-state index contributed by atoms with van der Waals surface area (Å²) >= 11 is 0. The normalized spacial score (nSPS) is 23.5. The van der Waals surface area contributed by atoms with Crippen molar-refractivity contribution in [3.8, 4) is 0 Å². The van der Waals surface area contributed by atoms with Crippen molar-refractivity contribution in [3.63, 3.8) is 0 Å². The van der Waals surface area contributed by atoms with E-state index >= 15 is 0 Å². The zero-order valence-corrected chi connectivity index (χ0v) is 9.60. The fourth-order valence-electron chi connectivity index (χ4n) is 1.85. The van der Waals surface area contributed by atoms with Crippen molar-refractivity contribution in [3.05, 3.63) is 11.5 Å². The van der Waals surface area contributed by atoms with Crippen LogP contribution in [0.1, 0.15) is 51.4 Å². The molecule has 0 unspecified atom stereocenters. The van der Waals surface area contributed by atoms with Crippen LogP contribution >= 0.6 is 0 Å². The van der Waals surface area contributed by atoms with Gasteiger partial charge in [-0.05, 0) is 0 Å². The Morgan fingerprint density at radius 1 is 0.615 bits per heavy atom. The Bertz CT molecular complexity index is 93.5. The average Bonchev–Trinajstić information content (AvgIpc) is 2.63. The summed E-state index contributed by atoms with van der Waals surface area (Å²) in [7, 11) is 0. The first-order valence-electron chi connectivity index (χ1n) is 5.21. The number of hydrogen-bond acceptors (Lipinski definition) is 0. The van der Waals surface area contributed by atoms with Crippen LogP contribution in [0.5, 0.6) is 0 Å². The standard InChI is InChI=1S/2C5H10N.Ag/c2*6-5-3-1-2-4-5;/h2*5-6H,1-4H2;/q2*-1;+1. The molecule has 0 radical (unpaired) electrons. The van der Waals surface area contributed by atoms with E-state index in [1.54, 1.807) is 0 Å². The van der Waals surface area contributed by atoms with E-state index in [1.807, 2.05) is 0 Å². The van der Waals surface area contributed by atoms with E-state index in [0.29, 0.717) is 12.1 Å². The SMILES string of the molecule is [Ag+].[NH-]C1CCCC1.[NH-]C1CCCC1. The zero-order chi connectivity index (χ0) is 8.81. The third kappa shape index (κ3) is 6.69. The van der Waals surface area contributed by atoms with Crippen LogP contribution in [-0.4, -0.2) is 12.1 Å². The Labute approximate surface area is 97.3 Å². The van der Waals surface area contributed by atoms with E-state index in [2.05, 4.69) is 0 Å². The van der Waals surface area contributed by atoms with E-state index in [4.69, 9.17) is 11.5 Å². The van der Waals surface area contributed by atoms with Gasteiger partial charge in [-0.1, -0.05) is 51.4 Å². The molecule has 82 valence electrons. The molecule has 2 aliphatic rings. The monoisotopic (exact) mass is 275 g/mol. The zero-order valence-electron chi connectivity index (χ0n) is 8.11. The summed E-state index contributed by atoms with van der Waals surface area (Å²) in [6.07, 6.45) is 9.81. The Morgan fingerprint density at radius 3 is 0.923 bits per heavy atom. The van der Waals surface area contributed by atoms with Crippen molar-refractivity contribution in [2.45, 2.75) is 63.5 Å². The van der Waals surface area contributed by atoms with Crippen LogP contribution in [0.3, 0.4) is 0 Å². The van der Waals surface area contributed by atoms with Gasteiger partial charge in [0, 0.05) is 0 Å². The first-order chi connectivity index (χ1) is 5.79. The topological polar surface area (TPSA) is 47.6 Å². The van der Waals surface area contributed by atoms with E-state index in [9.17, 15) is 0 Å². The van der Waals surface area contributed by atoms with Crippen LogP contribution in [0.25, 0.3) is 11.5 Å². The average molecular weight is 276 g/mol. The predicted octanol–water partition coefficient (Wildman–Crippen LogP) is 3.96. The molecule has 0 saturated heterocycles. The Hall–Kier alpha value is 0.660. The fraction of sp³-hybridized carbons (Fsp3) is 1.00. The predicted molar refractivity (Wildman–Crippen MR) is 53.2 cm³/mol. The first kappa shape index (κ1) is 13.7. The van der Waals surface area contributed by atoms with Crippen molar-refractivity contribution >= 4 is 0 Å². The third-order valence-corrected chi connectivity index (χ3v) is 2.71. The van der Waals surface area contributed by atoms with Crippen molar-refractivity contribution in [2.24, 2.45) is 0 Å². The molecule has 0 spiro atoms. The Kier molecular flexibility index (Phi) is 8.42. The summed E-state index contributed by atoms with van der Waals surface area (Å²) in [6, 6.07) is 0.593. The minimum absolute atomic E-state index is 0. The maximum atomic E-state index is 7.13. The van der Waals surface area contributed by atoms with Gasteiger partial charge in [-0.3, -0.25) is 0 Å². The molecule has 0 aromatic rings. The second kappa shape index (κ2) is 8.01. The van der Waals surface area contributed by atoms with Gasteiger partial charge in [0.05, 0.1) is 0 Å². The van der Waals surface area contributed by atoms with Gasteiger partial charge in [0.15, 0.2) is 0 Å². The second-order valence-electron chi connectivity index (χ2n) is 3.96. The van der Waals surface area contributed by atoms with Gasteiger partial charge in [-0.25, -0.2) is 0 Å². The van der Waals surface area contributed by atoms with E-state index in [1.165, 1.54) is 25.7 Å². The molecular weight excluding hydrogens is 256 g/mol. The largest absolute Gasteiger partial charge is 1.00 e. The molecule has 3 heteroatoms. The molecule has 13 heavy (non-hydrogen) atoms. The molecular formula is C10H20AgN2-. The molecule has 0 aromatic heterocycles. The minimum Gasteiger partial charge on any atom is -0.675 e. The summed E-state index contributed by atoms with van der Waals surface area (Å²) < 4.78 is 0. The molecule has 2 rings (SSSR count). The van der Waals surface area contributed by atoms with Crippen molar-refractivity contribution < 1.29 is 22.4 Å². The quantitative estimate of drug-likeness (QED) is 0.601. The van der Waals surface area contributed by atoms with Gasteiger partial charge >= 0.3 is 22.4 Å². The molecule has 0 aromatic carbocycles. The van der Waals surface area contributed by atoms with Gasteiger partial charge in [0.2, 0.25) is 0 Å².